The van der Waals surface area contributed by atoms with Gasteiger partial charge in [0.1, 0.15) is 11.8 Å². The zero-order valence-electron chi connectivity index (χ0n) is 14.5. The zero-order chi connectivity index (χ0) is 18.5. The minimum Gasteiger partial charge on any atom is -0.508 e. The van der Waals surface area contributed by atoms with Crippen LogP contribution in [0.15, 0.2) is 24.3 Å². The Balaban J connectivity index is 1.36. The van der Waals surface area contributed by atoms with Gasteiger partial charge in [0.2, 0.25) is 5.91 Å². The first-order valence-corrected chi connectivity index (χ1v) is 8.90. The summed E-state index contributed by atoms with van der Waals surface area (Å²) in [6, 6.07) is 6.28. The lowest BCUT2D eigenvalue weighted by molar-refractivity contribution is -0.123. The van der Waals surface area contributed by atoms with E-state index in [1.807, 2.05) is 12.1 Å². The van der Waals surface area contributed by atoms with Gasteiger partial charge in [-0.1, -0.05) is 12.1 Å². The Morgan fingerprint density at radius 3 is 2.69 bits per heavy atom. The minimum atomic E-state index is -0.614. The molecule has 3 rings (SSSR count). The monoisotopic (exact) mass is 360 g/mol. The highest BCUT2D eigenvalue weighted by Crippen LogP contribution is 2.17. The second kappa shape index (κ2) is 8.18. The summed E-state index contributed by atoms with van der Waals surface area (Å²) in [4.78, 5) is 36.9. The fourth-order valence-electron chi connectivity index (χ4n) is 3.39. The van der Waals surface area contributed by atoms with Gasteiger partial charge in [0.05, 0.1) is 0 Å². The highest BCUT2D eigenvalue weighted by molar-refractivity contribution is 6.04. The second-order valence-corrected chi connectivity index (χ2v) is 6.84. The smallest absolute Gasteiger partial charge is 0.322 e. The molecule has 4 amide bonds. The van der Waals surface area contributed by atoms with Crippen LogP contribution >= 0.6 is 0 Å². The van der Waals surface area contributed by atoms with Gasteiger partial charge < -0.3 is 15.7 Å². The molecule has 2 saturated heterocycles. The molecule has 0 aliphatic carbocycles. The SMILES string of the molecule is O=C(CCC1NC(=O)NC1=O)NC1CCN(Cc2cccc(O)c2)CC1. The molecule has 140 valence electrons. The third kappa shape index (κ3) is 4.95. The van der Waals surface area contributed by atoms with Gasteiger partial charge in [-0.3, -0.25) is 19.8 Å². The lowest BCUT2D eigenvalue weighted by Gasteiger charge is -2.32. The second-order valence-electron chi connectivity index (χ2n) is 6.84. The van der Waals surface area contributed by atoms with Gasteiger partial charge in [-0.05, 0) is 37.0 Å². The molecule has 0 saturated carbocycles. The van der Waals surface area contributed by atoms with E-state index < -0.39 is 12.1 Å². The number of carbonyl (C=O) groups is 3. The molecule has 2 heterocycles. The number of hydrogen-bond acceptors (Lipinski definition) is 5. The Morgan fingerprint density at radius 1 is 1.27 bits per heavy atom. The number of nitrogens with one attached hydrogen (secondary N) is 3. The average molecular weight is 360 g/mol. The molecule has 1 aromatic rings. The van der Waals surface area contributed by atoms with Crippen LogP contribution in [0.4, 0.5) is 4.79 Å². The Bertz CT molecular complexity index is 686. The summed E-state index contributed by atoms with van der Waals surface area (Å²) in [5.41, 5.74) is 1.07. The van der Waals surface area contributed by atoms with Gasteiger partial charge in [0, 0.05) is 32.1 Å². The molecule has 4 N–H and O–H groups in total. The first kappa shape index (κ1) is 18.2. The van der Waals surface area contributed by atoms with Crippen molar-refractivity contribution < 1.29 is 19.5 Å². The number of rotatable bonds is 6. The van der Waals surface area contributed by atoms with Crippen molar-refractivity contribution in [1.29, 1.82) is 0 Å². The number of aromatic hydroxyl groups is 1. The van der Waals surface area contributed by atoms with E-state index in [2.05, 4.69) is 20.9 Å². The lowest BCUT2D eigenvalue weighted by atomic mass is 10.0. The highest BCUT2D eigenvalue weighted by Gasteiger charge is 2.30. The maximum atomic E-state index is 12.1. The first-order valence-electron chi connectivity index (χ1n) is 8.90. The number of likely N-dealkylation sites (tertiary alicyclic amines) is 1. The summed E-state index contributed by atoms with van der Waals surface area (Å²) in [5.74, 6) is -0.190. The van der Waals surface area contributed by atoms with Crippen LogP contribution in [-0.2, 0) is 16.1 Å². The number of amides is 4. The molecule has 8 heteroatoms. The van der Waals surface area contributed by atoms with Crippen LogP contribution in [0.5, 0.6) is 5.75 Å². The number of phenols is 1. The van der Waals surface area contributed by atoms with E-state index >= 15 is 0 Å². The molecule has 2 fully saturated rings. The van der Waals surface area contributed by atoms with Gasteiger partial charge in [-0.15, -0.1) is 0 Å². The van der Waals surface area contributed by atoms with E-state index in [4.69, 9.17) is 0 Å². The summed E-state index contributed by atoms with van der Waals surface area (Å²) < 4.78 is 0. The van der Waals surface area contributed by atoms with Crippen molar-refractivity contribution in [2.75, 3.05) is 13.1 Å². The molecule has 1 aromatic carbocycles. The fraction of sp³-hybridized carbons (Fsp3) is 0.500. The minimum absolute atomic E-state index is 0.0922. The molecule has 1 unspecified atom stereocenters. The number of nitrogens with zero attached hydrogens (tertiary/aromatic N) is 1. The molecule has 8 nitrogen and oxygen atoms in total. The molecule has 0 bridgehead atoms. The Labute approximate surface area is 151 Å². The zero-order valence-corrected chi connectivity index (χ0v) is 14.5. The van der Waals surface area contributed by atoms with Crippen molar-refractivity contribution in [1.82, 2.24) is 20.9 Å². The molecule has 0 spiro atoms. The quantitative estimate of drug-likeness (QED) is 0.551. The maximum Gasteiger partial charge on any atom is 0.322 e. The predicted molar refractivity (Wildman–Crippen MR) is 94.2 cm³/mol. The van der Waals surface area contributed by atoms with Crippen molar-refractivity contribution >= 4 is 17.8 Å². The molecule has 0 radical (unpaired) electrons. The summed E-state index contributed by atoms with van der Waals surface area (Å²) in [7, 11) is 0. The van der Waals surface area contributed by atoms with Gasteiger partial charge in [-0.2, -0.15) is 0 Å². The van der Waals surface area contributed by atoms with Crippen molar-refractivity contribution in [3.63, 3.8) is 0 Å². The summed E-state index contributed by atoms with van der Waals surface area (Å²) in [5, 5.41) is 17.2. The maximum absolute atomic E-state index is 12.1. The van der Waals surface area contributed by atoms with E-state index in [-0.39, 0.29) is 30.0 Å². The largest absolute Gasteiger partial charge is 0.508 e. The van der Waals surface area contributed by atoms with Crippen molar-refractivity contribution in [2.45, 2.75) is 44.3 Å². The highest BCUT2D eigenvalue weighted by atomic mass is 16.3. The number of benzene rings is 1. The van der Waals surface area contributed by atoms with Crippen LogP contribution in [-0.4, -0.2) is 53.0 Å². The standard InChI is InChI=1S/C18H24N4O4/c23-14-3-1-2-12(10-14)11-22-8-6-13(7-9-22)19-16(24)5-4-15-17(25)21-18(26)20-15/h1-3,10,13,15,23H,4-9,11H2,(H,19,24)(H2,20,21,25,26). The van der Waals surface area contributed by atoms with Crippen LogP contribution < -0.4 is 16.0 Å². The number of imide groups is 1. The summed E-state index contributed by atoms with van der Waals surface area (Å²) >= 11 is 0. The van der Waals surface area contributed by atoms with Crippen molar-refractivity contribution in [2.24, 2.45) is 0 Å². The third-order valence-electron chi connectivity index (χ3n) is 4.79. The fourth-order valence-corrected chi connectivity index (χ4v) is 3.39. The number of phenolic OH excluding ortho intramolecular Hbond substituents is 1. The Hall–Kier alpha value is -2.61. The molecule has 2 aliphatic heterocycles. The van der Waals surface area contributed by atoms with Crippen LogP contribution in [0, 0.1) is 0 Å². The average Bonchev–Trinajstić information content (AvgIpc) is 2.92. The lowest BCUT2D eigenvalue weighted by Crippen LogP contribution is -2.44. The van der Waals surface area contributed by atoms with E-state index in [9.17, 15) is 19.5 Å². The van der Waals surface area contributed by atoms with E-state index in [1.165, 1.54) is 0 Å². The summed E-state index contributed by atoms with van der Waals surface area (Å²) in [6.45, 7) is 2.54. The van der Waals surface area contributed by atoms with Crippen LogP contribution in [0.1, 0.15) is 31.2 Å². The number of urea groups is 1. The molecular weight excluding hydrogens is 336 g/mol. The molecule has 26 heavy (non-hydrogen) atoms. The normalized spacial score (nSPS) is 21.3. The Morgan fingerprint density at radius 2 is 2.04 bits per heavy atom. The van der Waals surface area contributed by atoms with Crippen LogP contribution in [0.2, 0.25) is 0 Å². The van der Waals surface area contributed by atoms with E-state index in [1.54, 1.807) is 12.1 Å². The van der Waals surface area contributed by atoms with Gasteiger partial charge in [0.15, 0.2) is 0 Å². The molecular formula is C18H24N4O4. The van der Waals surface area contributed by atoms with E-state index in [0.29, 0.717) is 6.42 Å². The van der Waals surface area contributed by atoms with Gasteiger partial charge >= 0.3 is 6.03 Å². The first-order chi connectivity index (χ1) is 12.5. The number of carbonyl (C=O) groups excluding carboxylic acids is 3. The van der Waals surface area contributed by atoms with Crippen LogP contribution in [0.25, 0.3) is 0 Å². The van der Waals surface area contributed by atoms with Crippen LogP contribution in [0.3, 0.4) is 0 Å². The molecule has 1 atom stereocenters. The van der Waals surface area contributed by atoms with Crippen molar-refractivity contribution in [3.8, 4) is 5.75 Å². The van der Waals surface area contributed by atoms with Gasteiger partial charge in [0.25, 0.3) is 5.91 Å². The predicted octanol–water partition coefficient (Wildman–Crippen LogP) is 0.461. The molecule has 0 aromatic heterocycles. The van der Waals surface area contributed by atoms with E-state index in [0.717, 1.165) is 38.0 Å². The summed E-state index contributed by atoms with van der Waals surface area (Å²) in [6.07, 6.45) is 2.25. The van der Waals surface area contributed by atoms with Crippen molar-refractivity contribution in [3.05, 3.63) is 29.8 Å². The number of piperidine rings is 1. The number of hydrogen-bond donors (Lipinski definition) is 4. The third-order valence-corrected chi connectivity index (χ3v) is 4.79. The molecule has 2 aliphatic rings. The topological polar surface area (TPSA) is 111 Å². The Kier molecular flexibility index (Phi) is 5.72. The van der Waals surface area contributed by atoms with Gasteiger partial charge in [-0.25, -0.2) is 4.79 Å².